The summed E-state index contributed by atoms with van der Waals surface area (Å²) in [7, 11) is 0. The predicted octanol–water partition coefficient (Wildman–Crippen LogP) is 2.39. The number of carboxylic acids is 1. The summed E-state index contributed by atoms with van der Waals surface area (Å²) in [5, 5.41) is 19.6. The molecule has 0 amide bonds. The summed E-state index contributed by atoms with van der Waals surface area (Å²) in [6, 6.07) is 7.74. The van der Waals surface area contributed by atoms with Gasteiger partial charge in [0.15, 0.2) is 0 Å². The van der Waals surface area contributed by atoms with Crippen LogP contribution >= 0.6 is 0 Å². The predicted molar refractivity (Wildman–Crippen MR) is 64.6 cm³/mol. The fourth-order valence-corrected chi connectivity index (χ4v) is 2.65. The van der Waals surface area contributed by atoms with Gasteiger partial charge >= 0.3 is 5.97 Å². The number of aliphatic hydroxyl groups excluding tert-OH is 1. The molecular weight excluding hydrogens is 216 g/mol. The zero-order valence-electron chi connectivity index (χ0n) is 10.2. The number of aryl methyl sites for hydroxylation is 1. The molecule has 3 nitrogen and oxygen atoms in total. The molecule has 0 bridgehead atoms. The van der Waals surface area contributed by atoms with Crippen LogP contribution in [0, 0.1) is 11.3 Å². The van der Waals surface area contributed by atoms with Gasteiger partial charge in [0.25, 0.3) is 0 Å². The highest BCUT2D eigenvalue weighted by Gasteiger charge is 2.43. The molecule has 17 heavy (non-hydrogen) atoms. The van der Waals surface area contributed by atoms with Crippen molar-refractivity contribution in [1.82, 2.24) is 0 Å². The van der Waals surface area contributed by atoms with Gasteiger partial charge in [-0.15, -0.1) is 0 Å². The van der Waals surface area contributed by atoms with Crippen LogP contribution in [0.1, 0.15) is 37.5 Å². The van der Waals surface area contributed by atoms with Crippen LogP contribution in [-0.4, -0.2) is 16.2 Å². The molecule has 1 aliphatic rings. The van der Waals surface area contributed by atoms with Gasteiger partial charge in [0.05, 0.1) is 11.5 Å². The van der Waals surface area contributed by atoms with Crippen molar-refractivity contribution in [2.75, 3.05) is 0 Å². The molecule has 3 heteroatoms. The second kappa shape index (κ2) is 4.15. The number of aliphatic hydroxyl groups is 1. The van der Waals surface area contributed by atoms with Gasteiger partial charge in [0.1, 0.15) is 0 Å². The topological polar surface area (TPSA) is 57.5 Å². The first-order chi connectivity index (χ1) is 7.94. The van der Waals surface area contributed by atoms with Gasteiger partial charge < -0.3 is 10.2 Å². The van der Waals surface area contributed by atoms with Crippen LogP contribution in [0.3, 0.4) is 0 Å². The third kappa shape index (κ3) is 1.95. The summed E-state index contributed by atoms with van der Waals surface area (Å²) in [5.41, 5.74) is 1.13. The molecule has 92 valence electrons. The van der Waals surface area contributed by atoms with Crippen LogP contribution in [0.25, 0.3) is 0 Å². The van der Waals surface area contributed by atoms with Crippen molar-refractivity contribution in [3.63, 3.8) is 0 Å². The van der Waals surface area contributed by atoms with E-state index in [0.29, 0.717) is 0 Å². The number of benzene rings is 1. The minimum Gasteiger partial charge on any atom is -0.481 e. The number of aliphatic carboxylic acids is 1. The van der Waals surface area contributed by atoms with Gasteiger partial charge in [-0.1, -0.05) is 24.3 Å². The van der Waals surface area contributed by atoms with Crippen molar-refractivity contribution in [1.29, 1.82) is 0 Å². The van der Waals surface area contributed by atoms with Crippen molar-refractivity contribution in [3.05, 3.63) is 35.4 Å². The van der Waals surface area contributed by atoms with Gasteiger partial charge in [-0.05, 0) is 37.8 Å². The van der Waals surface area contributed by atoms with Crippen LogP contribution < -0.4 is 0 Å². The van der Waals surface area contributed by atoms with Crippen molar-refractivity contribution in [3.8, 4) is 0 Å². The zero-order valence-corrected chi connectivity index (χ0v) is 10.2. The maximum atomic E-state index is 11.3. The monoisotopic (exact) mass is 234 g/mol. The lowest BCUT2D eigenvalue weighted by atomic mass is 9.68. The molecule has 1 aromatic rings. The molecule has 2 N–H and O–H groups in total. The minimum atomic E-state index is -0.896. The quantitative estimate of drug-likeness (QED) is 0.826. The summed E-state index contributed by atoms with van der Waals surface area (Å²) in [6.45, 7) is 3.38. The minimum absolute atomic E-state index is 0.227. The molecule has 0 spiro atoms. The number of hydrogen-bond acceptors (Lipinski definition) is 2. The van der Waals surface area contributed by atoms with E-state index in [2.05, 4.69) is 0 Å². The largest absolute Gasteiger partial charge is 0.481 e. The molecule has 0 aliphatic heterocycles. The van der Waals surface area contributed by atoms with Crippen molar-refractivity contribution in [2.45, 2.75) is 32.8 Å². The average Bonchev–Trinajstić information content (AvgIpc) is 2.29. The van der Waals surface area contributed by atoms with E-state index in [0.717, 1.165) is 24.0 Å². The van der Waals surface area contributed by atoms with Gasteiger partial charge in [0, 0.05) is 5.92 Å². The lowest BCUT2D eigenvalue weighted by Crippen LogP contribution is -2.38. The molecular formula is C14H18O3. The molecule has 0 heterocycles. The number of carboxylic acid groups (broad SMARTS) is 1. The number of rotatable bonds is 2. The fraction of sp³-hybridized carbons (Fsp3) is 0.500. The first-order valence-electron chi connectivity index (χ1n) is 5.94. The first kappa shape index (κ1) is 12.1. The summed E-state index contributed by atoms with van der Waals surface area (Å²) < 4.78 is 0. The number of fused-ring (bicyclic) bond motifs is 1. The summed E-state index contributed by atoms with van der Waals surface area (Å²) in [6.07, 6.45) is 0.887. The highest BCUT2D eigenvalue weighted by atomic mass is 16.4. The van der Waals surface area contributed by atoms with Crippen LogP contribution in [0.4, 0.5) is 0 Å². The molecule has 0 aromatic heterocycles. The highest BCUT2D eigenvalue weighted by molar-refractivity contribution is 5.74. The second-order valence-corrected chi connectivity index (χ2v) is 5.32. The van der Waals surface area contributed by atoms with Crippen LogP contribution in [0.2, 0.25) is 0 Å². The van der Waals surface area contributed by atoms with Gasteiger partial charge in [-0.3, -0.25) is 4.79 Å². The smallest absolute Gasteiger partial charge is 0.309 e. The third-order valence-electron chi connectivity index (χ3n) is 3.96. The van der Waals surface area contributed by atoms with E-state index in [-0.39, 0.29) is 5.92 Å². The Morgan fingerprint density at radius 2 is 2.00 bits per heavy atom. The Morgan fingerprint density at radius 1 is 1.35 bits per heavy atom. The van der Waals surface area contributed by atoms with E-state index < -0.39 is 17.5 Å². The van der Waals surface area contributed by atoms with Gasteiger partial charge in [0.2, 0.25) is 0 Å². The molecule has 0 saturated heterocycles. The SMILES string of the molecule is CC(C)(C(=O)O)C1CCc2ccccc2[C@H]1O. The second-order valence-electron chi connectivity index (χ2n) is 5.32. The molecule has 0 radical (unpaired) electrons. The van der Waals surface area contributed by atoms with Crippen LogP contribution in [0.5, 0.6) is 0 Å². The zero-order chi connectivity index (χ0) is 12.6. The van der Waals surface area contributed by atoms with E-state index in [1.165, 1.54) is 0 Å². The summed E-state index contributed by atoms with van der Waals surface area (Å²) in [5.74, 6) is -1.07. The van der Waals surface area contributed by atoms with Crippen LogP contribution in [-0.2, 0) is 11.2 Å². The van der Waals surface area contributed by atoms with Gasteiger partial charge in [-0.2, -0.15) is 0 Å². The molecule has 1 aliphatic carbocycles. The average molecular weight is 234 g/mol. The Kier molecular flexibility index (Phi) is 2.96. The third-order valence-corrected chi connectivity index (χ3v) is 3.96. The Labute approximate surface area is 101 Å². The molecule has 1 aromatic carbocycles. The molecule has 0 saturated carbocycles. The van der Waals surface area contributed by atoms with E-state index in [9.17, 15) is 15.0 Å². The Morgan fingerprint density at radius 3 is 2.65 bits per heavy atom. The summed E-state index contributed by atoms with van der Waals surface area (Å²) in [4.78, 5) is 11.3. The van der Waals surface area contributed by atoms with E-state index >= 15 is 0 Å². The fourth-order valence-electron chi connectivity index (χ4n) is 2.65. The maximum absolute atomic E-state index is 11.3. The number of hydrogen-bond donors (Lipinski definition) is 2. The molecule has 2 rings (SSSR count). The van der Waals surface area contributed by atoms with E-state index in [4.69, 9.17) is 0 Å². The Hall–Kier alpha value is -1.35. The Bertz CT molecular complexity index is 437. The van der Waals surface area contributed by atoms with Crippen LogP contribution in [0.15, 0.2) is 24.3 Å². The highest BCUT2D eigenvalue weighted by Crippen LogP contribution is 2.44. The Balaban J connectivity index is 2.35. The molecule has 1 unspecified atom stereocenters. The molecule has 0 fully saturated rings. The van der Waals surface area contributed by atoms with E-state index in [1.807, 2.05) is 24.3 Å². The van der Waals surface area contributed by atoms with Crippen molar-refractivity contribution in [2.24, 2.45) is 11.3 Å². The standard InChI is InChI=1S/C14H18O3/c1-14(2,13(16)17)11-8-7-9-5-3-4-6-10(9)12(11)15/h3-6,11-12,15H,7-8H2,1-2H3,(H,16,17)/t11?,12-/m1/s1. The van der Waals surface area contributed by atoms with E-state index in [1.54, 1.807) is 13.8 Å². The van der Waals surface area contributed by atoms with Gasteiger partial charge in [-0.25, -0.2) is 0 Å². The lowest BCUT2D eigenvalue weighted by molar-refractivity contribution is -0.154. The van der Waals surface area contributed by atoms with Crippen molar-refractivity contribution < 1.29 is 15.0 Å². The maximum Gasteiger partial charge on any atom is 0.309 e. The summed E-state index contributed by atoms with van der Waals surface area (Å²) >= 11 is 0. The normalized spacial score (nSPS) is 24.2. The lowest BCUT2D eigenvalue weighted by Gasteiger charge is -2.38. The number of carbonyl (C=O) groups is 1. The first-order valence-corrected chi connectivity index (χ1v) is 5.94. The molecule has 2 atom stereocenters. The van der Waals surface area contributed by atoms with Crippen molar-refractivity contribution >= 4 is 5.97 Å².